The van der Waals surface area contributed by atoms with Crippen molar-refractivity contribution in [1.29, 1.82) is 0 Å². The summed E-state index contributed by atoms with van der Waals surface area (Å²) in [6, 6.07) is 1.56. The molecule has 0 radical (unpaired) electrons. The van der Waals surface area contributed by atoms with Crippen LogP contribution in [0.1, 0.15) is 39.3 Å². The predicted molar refractivity (Wildman–Crippen MR) is 70.3 cm³/mol. The molecule has 1 aromatic rings. The van der Waals surface area contributed by atoms with Gasteiger partial charge < -0.3 is 10.0 Å². The number of nitrogens with zero attached hydrogens (tertiary/aromatic N) is 2. The Bertz CT molecular complexity index is 420. The van der Waals surface area contributed by atoms with Gasteiger partial charge in [0, 0.05) is 24.6 Å². The third kappa shape index (κ3) is 2.80. The number of halogens is 1. The Morgan fingerprint density at radius 1 is 1.33 bits per heavy atom. The molecule has 1 aliphatic heterocycles. The van der Waals surface area contributed by atoms with E-state index in [1.807, 2.05) is 20.8 Å². The van der Waals surface area contributed by atoms with Crippen LogP contribution >= 0.6 is 0 Å². The van der Waals surface area contributed by atoms with E-state index in [1.165, 1.54) is 0 Å². The van der Waals surface area contributed by atoms with Gasteiger partial charge in [0.05, 0.1) is 23.7 Å². The largest absolute Gasteiger partial charge is 0.393 e. The molecular weight excluding hydrogens is 231 g/mol. The lowest BCUT2D eigenvalue weighted by Gasteiger charge is -2.31. The second kappa shape index (κ2) is 4.84. The van der Waals surface area contributed by atoms with Crippen molar-refractivity contribution in [2.45, 2.75) is 45.1 Å². The molecule has 0 aromatic carbocycles. The van der Waals surface area contributed by atoms with Crippen LogP contribution in [0.15, 0.2) is 12.3 Å². The summed E-state index contributed by atoms with van der Waals surface area (Å²) >= 11 is 0. The van der Waals surface area contributed by atoms with Gasteiger partial charge in [-0.3, -0.25) is 4.98 Å². The molecule has 1 aliphatic rings. The van der Waals surface area contributed by atoms with Crippen LogP contribution in [0.4, 0.5) is 10.1 Å². The van der Waals surface area contributed by atoms with Gasteiger partial charge in [0.25, 0.3) is 0 Å². The standard InChI is InChI=1S/C14H21FN2O/c1-14(2,3)13-12(15)8-10(9-16-13)17-6-4-11(18)5-7-17/h8-9,11,18H,4-7H2,1-3H3. The number of hydrogen-bond acceptors (Lipinski definition) is 3. The maximum atomic E-state index is 14.0. The highest BCUT2D eigenvalue weighted by atomic mass is 19.1. The topological polar surface area (TPSA) is 36.4 Å². The van der Waals surface area contributed by atoms with Crippen molar-refractivity contribution in [3.8, 4) is 0 Å². The number of aromatic nitrogens is 1. The Balaban J connectivity index is 2.19. The Kier molecular flexibility index (Phi) is 3.57. The fourth-order valence-electron chi connectivity index (χ4n) is 2.28. The highest BCUT2D eigenvalue weighted by Crippen LogP contribution is 2.27. The van der Waals surface area contributed by atoms with Gasteiger partial charge in [-0.05, 0) is 12.8 Å². The third-order valence-corrected chi connectivity index (χ3v) is 3.37. The number of pyridine rings is 1. The summed E-state index contributed by atoms with van der Waals surface area (Å²) in [7, 11) is 0. The summed E-state index contributed by atoms with van der Waals surface area (Å²) in [6.45, 7) is 7.38. The predicted octanol–water partition coefficient (Wildman–Crippen LogP) is 2.48. The van der Waals surface area contributed by atoms with Crippen LogP contribution in [0.3, 0.4) is 0 Å². The van der Waals surface area contributed by atoms with Gasteiger partial charge in [-0.1, -0.05) is 20.8 Å². The summed E-state index contributed by atoms with van der Waals surface area (Å²) in [5.74, 6) is -0.244. The van der Waals surface area contributed by atoms with E-state index in [2.05, 4.69) is 9.88 Å². The average molecular weight is 252 g/mol. The van der Waals surface area contributed by atoms with Crippen molar-refractivity contribution in [2.24, 2.45) is 0 Å². The zero-order chi connectivity index (χ0) is 13.3. The molecule has 0 saturated carbocycles. The Hall–Kier alpha value is -1.16. The molecule has 1 N–H and O–H groups in total. The number of anilines is 1. The lowest BCUT2D eigenvalue weighted by atomic mass is 9.91. The van der Waals surface area contributed by atoms with E-state index in [4.69, 9.17) is 0 Å². The molecule has 1 saturated heterocycles. The molecule has 1 fully saturated rings. The molecule has 2 rings (SSSR count). The van der Waals surface area contributed by atoms with Crippen molar-refractivity contribution in [2.75, 3.05) is 18.0 Å². The highest BCUT2D eigenvalue weighted by Gasteiger charge is 2.23. The Morgan fingerprint density at radius 3 is 2.44 bits per heavy atom. The maximum Gasteiger partial charge on any atom is 0.147 e. The normalized spacial score (nSPS) is 18.2. The molecule has 100 valence electrons. The zero-order valence-electron chi connectivity index (χ0n) is 11.3. The van der Waals surface area contributed by atoms with Crippen LogP contribution in [-0.4, -0.2) is 29.3 Å². The number of hydrogen-bond donors (Lipinski definition) is 1. The first-order valence-corrected chi connectivity index (χ1v) is 6.47. The molecular formula is C14H21FN2O. The van der Waals surface area contributed by atoms with Gasteiger partial charge in [-0.2, -0.15) is 0 Å². The molecule has 0 amide bonds. The maximum absolute atomic E-state index is 14.0. The fourth-order valence-corrected chi connectivity index (χ4v) is 2.28. The minimum absolute atomic E-state index is 0.215. The molecule has 0 unspecified atom stereocenters. The first-order valence-electron chi connectivity index (χ1n) is 6.47. The first kappa shape index (κ1) is 13.3. The molecule has 18 heavy (non-hydrogen) atoms. The van der Waals surface area contributed by atoms with Gasteiger partial charge in [0.15, 0.2) is 0 Å². The van der Waals surface area contributed by atoms with Crippen LogP contribution in [0.25, 0.3) is 0 Å². The lowest BCUT2D eigenvalue weighted by molar-refractivity contribution is 0.145. The average Bonchev–Trinajstić information content (AvgIpc) is 2.28. The van der Waals surface area contributed by atoms with Gasteiger partial charge in [0.1, 0.15) is 5.82 Å². The number of aliphatic hydroxyl groups is 1. The number of rotatable bonds is 1. The van der Waals surface area contributed by atoms with E-state index in [0.717, 1.165) is 31.6 Å². The summed E-state index contributed by atoms with van der Waals surface area (Å²) in [5, 5.41) is 9.46. The minimum atomic E-state index is -0.277. The fraction of sp³-hybridized carbons (Fsp3) is 0.643. The van der Waals surface area contributed by atoms with Gasteiger partial charge in [0.2, 0.25) is 0 Å². The first-order chi connectivity index (χ1) is 8.38. The van der Waals surface area contributed by atoms with Gasteiger partial charge in [-0.15, -0.1) is 0 Å². The van der Waals surface area contributed by atoms with Crippen molar-refractivity contribution in [3.05, 3.63) is 23.8 Å². The highest BCUT2D eigenvalue weighted by molar-refractivity contribution is 5.46. The van der Waals surface area contributed by atoms with Gasteiger partial charge in [-0.25, -0.2) is 4.39 Å². The Labute approximate surface area is 108 Å². The van der Waals surface area contributed by atoms with Crippen LogP contribution in [0.2, 0.25) is 0 Å². The second-order valence-electron chi connectivity index (χ2n) is 5.99. The molecule has 0 aliphatic carbocycles. The molecule has 2 heterocycles. The third-order valence-electron chi connectivity index (χ3n) is 3.37. The number of aliphatic hydroxyl groups excluding tert-OH is 1. The van der Waals surface area contributed by atoms with Crippen LogP contribution in [0, 0.1) is 5.82 Å². The summed E-state index contributed by atoms with van der Waals surface area (Å²) < 4.78 is 14.0. The molecule has 0 spiro atoms. The van der Waals surface area contributed by atoms with Crippen LogP contribution in [0.5, 0.6) is 0 Å². The molecule has 0 bridgehead atoms. The van der Waals surface area contributed by atoms with Crippen molar-refractivity contribution in [1.82, 2.24) is 4.98 Å². The summed E-state index contributed by atoms with van der Waals surface area (Å²) in [4.78, 5) is 6.34. The van der Waals surface area contributed by atoms with Crippen LogP contribution in [-0.2, 0) is 5.41 Å². The van der Waals surface area contributed by atoms with Crippen LogP contribution < -0.4 is 4.90 Å². The van der Waals surface area contributed by atoms with Crippen molar-refractivity contribution in [3.63, 3.8) is 0 Å². The minimum Gasteiger partial charge on any atom is -0.393 e. The molecule has 3 nitrogen and oxygen atoms in total. The van der Waals surface area contributed by atoms with Gasteiger partial charge >= 0.3 is 0 Å². The monoisotopic (exact) mass is 252 g/mol. The van der Waals surface area contributed by atoms with Crippen molar-refractivity contribution < 1.29 is 9.50 Å². The quantitative estimate of drug-likeness (QED) is 0.834. The van der Waals surface area contributed by atoms with E-state index in [-0.39, 0.29) is 17.3 Å². The molecule has 4 heteroatoms. The summed E-state index contributed by atoms with van der Waals surface area (Å²) in [6.07, 6.45) is 3.00. The second-order valence-corrected chi connectivity index (χ2v) is 5.99. The van der Waals surface area contributed by atoms with E-state index in [9.17, 15) is 9.50 Å². The Morgan fingerprint density at radius 2 is 1.94 bits per heavy atom. The summed E-state index contributed by atoms with van der Waals surface area (Å²) in [5.41, 5.74) is 1.04. The van der Waals surface area contributed by atoms with Crippen molar-refractivity contribution >= 4 is 5.69 Å². The smallest absolute Gasteiger partial charge is 0.147 e. The van der Waals surface area contributed by atoms with E-state index < -0.39 is 0 Å². The zero-order valence-corrected chi connectivity index (χ0v) is 11.3. The molecule has 0 atom stereocenters. The van der Waals surface area contributed by atoms with E-state index >= 15 is 0 Å². The lowest BCUT2D eigenvalue weighted by Crippen LogP contribution is -2.36. The molecule has 1 aromatic heterocycles. The SMILES string of the molecule is CC(C)(C)c1ncc(N2CCC(O)CC2)cc1F. The number of piperidine rings is 1. The van der Waals surface area contributed by atoms with E-state index in [0.29, 0.717) is 5.69 Å². The van der Waals surface area contributed by atoms with E-state index in [1.54, 1.807) is 12.3 Å².